The maximum Gasteiger partial charge on any atom is 0.131 e. The van der Waals surface area contributed by atoms with E-state index in [4.69, 9.17) is 0 Å². The van der Waals surface area contributed by atoms with Gasteiger partial charge in [0.1, 0.15) is 17.5 Å². The second-order valence-corrected chi connectivity index (χ2v) is 4.71. The summed E-state index contributed by atoms with van der Waals surface area (Å²) in [5.74, 6) is -0.482. The lowest BCUT2D eigenvalue weighted by molar-refractivity contribution is 0.574. The first-order valence-electron chi connectivity index (χ1n) is 5.37. The molecule has 1 N–H and O–H groups in total. The molecule has 18 heavy (non-hydrogen) atoms. The van der Waals surface area contributed by atoms with Gasteiger partial charge >= 0.3 is 0 Å². The molecule has 0 aliphatic heterocycles. The third-order valence-corrected chi connectivity index (χ3v) is 3.33. The van der Waals surface area contributed by atoms with Crippen molar-refractivity contribution in [3.63, 3.8) is 0 Å². The molecule has 1 aromatic heterocycles. The Bertz CT molecular complexity index is 573. The van der Waals surface area contributed by atoms with Crippen LogP contribution in [0.25, 0.3) is 0 Å². The summed E-state index contributed by atoms with van der Waals surface area (Å²) in [6.45, 7) is 2.13. The average Bonchev–Trinajstić information content (AvgIpc) is 2.32. The van der Waals surface area contributed by atoms with Gasteiger partial charge in [0.25, 0.3) is 0 Å². The molecule has 0 atom stereocenters. The fourth-order valence-corrected chi connectivity index (χ4v) is 1.71. The number of anilines is 1. The highest BCUT2D eigenvalue weighted by atomic mass is 79.9. The normalized spacial score (nSPS) is 10.4. The van der Waals surface area contributed by atoms with Gasteiger partial charge in [-0.15, -0.1) is 0 Å². The molecule has 0 saturated carbocycles. The molecule has 1 aromatic carbocycles. The fourth-order valence-electron chi connectivity index (χ4n) is 1.49. The van der Waals surface area contributed by atoms with Crippen molar-refractivity contribution in [2.24, 2.45) is 0 Å². The second-order valence-electron chi connectivity index (χ2n) is 3.85. The van der Waals surface area contributed by atoms with E-state index in [2.05, 4.69) is 26.2 Å². The van der Waals surface area contributed by atoms with Gasteiger partial charge < -0.3 is 5.32 Å². The van der Waals surface area contributed by atoms with E-state index >= 15 is 0 Å². The number of aryl methyl sites for hydroxylation is 1. The maximum atomic E-state index is 13.4. The van der Waals surface area contributed by atoms with Gasteiger partial charge in [-0.1, -0.05) is 6.07 Å². The Labute approximate surface area is 112 Å². The minimum atomic E-state index is -0.575. The Morgan fingerprint density at radius 2 is 2.00 bits per heavy atom. The number of nitrogens with zero attached hydrogens (tertiary/aromatic N) is 1. The molecule has 0 bridgehead atoms. The van der Waals surface area contributed by atoms with Gasteiger partial charge in [0.05, 0.1) is 5.69 Å². The van der Waals surface area contributed by atoms with Crippen LogP contribution in [-0.4, -0.2) is 4.98 Å². The summed E-state index contributed by atoms with van der Waals surface area (Å²) in [4.78, 5) is 4.28. The van der Waals surface area contributed by atoms with Crippen LogP contribution in [0.15, 0.2) is 34.8 Å². The lowest BCUT2D eigenvalue weighted by Crippen LogP contribution is -2.04. The monoisotopic (exact) mass is 312 g/mol. The molecule has 5 heteroatoms. The first kappa shape index (κ1) is 13.0. The molecular weight excluding hydrogens is 302 g/mol. The lowest BCUT2D eigenvalue weighted by atomic mass is 10.2. The number of hydrogen-bond donors (Lipinski definition) is 1. The molecule has 0 aliphatic rings. The second kappa shape index (κ2) is 5.44. The number of hydrogen-bond acceptors (Lipinski definition) is 2. The molecule has 2 nitrogen and oxygen atoms in total. The standard InChI is InChI=1S/C13H11BrF2N2/c1-8-11(14)4-5-13(18-8)17-7-9-2-3-10(15)6-12(9)16/h2-6H,7H2,1H3,(H,17,18). The largest absolute Gasteiger partial charge is 0.366 e. The van der Waals surface area contributed by atoms with Crippen LogP contribution in [0.5, 0.6) is 0 Å². The number of pyridine rings is 1. The molecule has 0 spiro atoms. The van der Waals surface area contributed by atoms with Crippen LogP contribution in [0, 0.1) is 18.6 Å². The lowest BCUT2D eigenvalue weighted by Gasteiger charge is -2.08. The summed E-state index contributed by atoms with van der Waals surface area (Å²) >= 11 is 3.35. The summed E-state index contributed by atoms with van der Waals surface area (Å²) < 4.78 is 27.0. The minimum Gasteiger partial charge on any atom is -0.366 e. The van der Waals surface area contributed by atoms with Crippen LogP contribution in [0.3, 0.4) is 0 Å². The zero-order chi connectivity index (χ0) is 13.1. The number of rotatable bonds is 3. The van der Waals surface area contributed by atoms with Crippen LogP contribution in [-0.2, 0) is 6.54 Å². The zero-order valence-electron chi connectivity index (χ0n) is 9.67. The van der Waals surface area contributed by atoms with Crippen molar-refractivity contribution in [2.45, 2.75) is 13.5 Å². The van der Waals surface area contributed by atoms with E-state index in [9.17, 15) is 8.78 Å². The summed E-state index contributed by atoms with van der Waals surface area (Å²) in [5, 5.41) is 2.99. The van der Waals surface area contributed by atoms with Crippen molar-refractivity contribution in [1.29, 1.82) is 0 Å². The molecule has 0 saturated heterocycles. The molecule has 0 aliphatic carbocycles. The first-order valence-corrected chi connectivity index (χ1v) is 6.16. The van der Waals surface area contributed by atoms with Crippen LogP contribution < -0.4 is 5.32 Å². The number of benzene rings is 1. The highest BCUT2D eigenvalue weighted by molar-refractivity contribution is 9.10. The van der Waals surface area contributed by atoms with Crippen molar-refractivity contribution >= 4 is 21.7 Å². The Hall–Kier alpha value is -1.49. The van der Waals surface area contributed by atoms with E-state index in [1.54, 1.807) is 6.07 Å². The van der Waals surface area contributed by atoms with Crippen molar-refractivity contribution in [1.82, 2.24) is 4.98 Å². The predicted octanol–water partition coefficient (Wildman–Crippen LogP) is 4.04. The summed E-state index contributed by atoms with van der Waals surface area (Å²) in [6.07, 6.45) is 0. The number of aromatic nitrogens is 1. The zero-order valence-corrected chi connectivity index (χ0v) is 11.3. The van der Waals surface area contributed by atoms with Gasteiger partial charge in [0, 0.05) is 22.6 Å². The Kier molecular flexibility index (Phi) is 3.91. The highest BCUT2D eigenvalue weighted by Gasteiger charge is 2.04. The third-order valence-electron chi connectivity index (χ3n) is 2.50. The summed E-state index contributed by atoms with van der Waals surface area (Å²) in [6, 6.07) is 7.19. The van der Waals surface area contributed by atoms with Gasteiger partial charge in [0.2, 0.25) is 0 Å². The number of halogens is 3. The molecule has 2 aromatic rings. The molecule has 94 valence electrons. The van der Waals surface area contributed by atoms with E-state index in [-0.39, 0.29) is 6.54 Å². The van der Waals surface area contributed by atoms with Crippen LogP contribution >= 0.6 is 15.9 Å². The van der Waals surface area contributed by atoms with E-state index in [0.29, 0.717) is 11.4 Å². The quantitative estimate of drug-likeness (QED) is 0.925. The predicted molar refractivity (Wildman–Crippen MR) is 70.4 cm³/mol. The molecule has 1 heterocycles. The van der Waals surface area contributed by atoms with Crippen LogP contribution in [0.2, 0.25) is 0 Å². The third kappa shape index (κ3) is 3.04. The molecule has 0 fully saturated rings. The number of nitrogens with one attached hydrogen (secondary N) is 1. The average molecular weight is 313 g/mol. The van der Waals surface area contributed by atoms with Crippen molar-refractivity contribution in [2.75, 3.05) is 5.32 Å². The molecule has 0 amide bonds. The Morgan fingerprint density at radius 1 is 1.22 bits per heavy atom. The van der Waals surface area contributed by atoms with Crippen LogP contribution in [0.1, 0.15) is 11.3 Å². The minimum absolute atomic E-state index is 0.264. The van der Waals surface area contributed by atoms with Gasteiger partial charge in [0.15, 0.2) is 0 Å². The summed E-state index contributed by atoms with van der Waals surface area (Å²) in [7, 11) is 0. The van der Waals surface area contributed by atoms with E-state index in [0.717, 1.165) is 16.2 Å². The molecular formula is C13H11BrF2N2. The van der Waals surface area contributed by atoms with E-state index in [1.165, 1.54) is 12.1 Å². The maximum absolute atomic E-state index is 13.4. The van der Waals surface area contributed by atoms with Crippen molar-refractivity contribution in [3.8, 4) is 0 Å². The van der Waals surface area contributed by atoms with Gasteiger partial charge in [-0.25, -0.2) is 13.8 Å². The van der Waals surface area contributed by atoms with E-state index in [1.807, 2.05) is 13.0 Å². The van der Waals surface area contributed by atoms with Gasteiger partial charge in [-0.05, 0) is 41.1 Å². The van der Waals surface area contributed by atoms with Gasteiger partial charge in [-0.3, -0.25) is 0 Å². The van der Waals surface area contributed by atoms with Crippen molar-refractivity contribution in [3.05, 3.63) is 57.7 Å². The molecule has 2 rings (SSSR count). The smallest absolute Gasteiger partial charge is 0.131 e. The first-order chi connectivity index (χ1) is 8.56. The van der Waals surface area contributed by atoms with Crippen LogP contribution in [0.4, 0.5) is 14.6 Å². The fraction of sp³-hybridized carbons (Fsp3) is 0.154. The Balaban J connectivity index is 2.09. The van der Waals surface area contributed by atoms with E-state index < -0.39 is 11.6 Å². The summed E-state index contributed by atoms with van der Waals surface area (Å²) in [5.41, 5.74) is 1.25. The highest BCUT2D eigenvalue weighted by Crippen LogP contribution is 2.17. The SMILES string of the molecule is Cc1nc(NCc2ccc(F)cc2F)ccc1Br. The van der Waals surface area contributed by atoms with Gasteiger partial charge in [-0.2, -0.15) is 0 Å². The topological polar surface area (TPSA) is 24.9 Å². The van der Waals surface area contributed by atoms with Crippen molar-refractivity contribution < 1.29 is 8.78 Å². The molecule has 0 radical (unpaired) electrons. The molecule has 0 unspecified atom stereocenters. The Morgan fingerprint density at radius 3 is 2.67 bits per heavy atom.